The maximum Gasteiger partial charge on any atom is 0.293 e. The molecule has 0 saturated heterocycles. The second-order valence-corrected chi connectivity index (χ2v) is 3.73. The highest BCUT2D eigenvalue weighted by Crippen LogP contribution is 2.06. The predicted molar refractivity (Wildman–Crippen MR) is 37.6 cm³/mol. The maximum absolute atomic E-state index is 12.0. The Kier molecular flexibility index (Phi) is 5.26. The Morgan fingerprint density at radius 3 is 2.15 bits per heavy atom. The van der Waals surface area contributed by atoms with E-state index in [1.54, 1.807) is 0 Å². The van der Waals surface area contributed by atoms with Crippen molar-refractivity contribution in [2.75, 3.05) is 19.5 Å². The van der Waals surface area contributed by atoms with Crippen LogP contribution >= 0.6 is 0 Å². The van der Waals surface area contributed by atoms with Gasteiger partial charge in [0.2, 0.25) is 0 Å². The summed E-state index contributed by atoms with van der Waals surface area (Å²) in [6.07, 6.45) is -5.16. The van der Waals surface area contributed by atoms with Crippen molar-refractivity contribution in [1.29, 1.82) is 0 Å². The smallest absolute Gasteiger partial charge is 0.293 e. The van der Waals surface area contributed by atoms with E-state index in [4.69, 9.17) is 0 Å². The van der Waals surface area contributed by atoms with Crippen LogP contribution in [-0.2, 0) is 19.0 Å². The van der Waals surface area contributed by atoms with Gasteiger partial charge in [0.05, 0.1) is 19.5 Å². The Bertz CT molecular complexity index is 228. The highest BCUT2D eigenvalue weighted by molar-refractivity contribution is 7.85. The summed E-state index contributed by atoms with van der Waals surface area (Å²) in [6, 6.07) is 0. The molecule has 0 amide bonds. The molecule has 0 aromatic carbocycles. The average molecular weight is 222 g/mol. The molecule has 0 heterocycles. The van der Waals surface area contributed by atoms with E-state index in [0.29, 0.717) is 0 Å². The second kappa shape index (κ2) is 5.40. The largest absolute Gasteiger partial charge is 0.341 e. The van der Waals surface area contributed by atoms with Crippen molar-refractivity contribution in [3.63, 3.8) is 0 Å². The van der Waals surface area contributed by atoms with Crippen molar-refractivity contribution >= 4 is 10.1 Å². The Hall–Kier alpha value is -0.340. The van der Waals surface area contributed by atoms with Crippen molar-refractivity contribution in [2.24, 2.45) is 0 Å². The molecule has 0 rings (SSSR count). The monoisotopic (exact) mass is 222 g/mol. The standard InChI is InChI=1S/C5H9F3O4S/c1-13(9,10)12-3-2-11-5(8)4(6)7/h4-5H,2-3H2,1H3. The molecule has 0 aromatic heterocycles. The van der Waals surface area contributed by atoms with Gasteiger partial charge in [-0.15, -0.1) is 0 Å². The van der Waals surface area contributed by atoms with Gasteiger partial charge in [-0.25, -0.2) is 13.2 Å². The number of ether oxygens (including phenoxy) is 1. The molecule has 0 bridgehead atoms. The number of rotatable bonds is 6. The molecule has 0 fully saturated rings. The Labute approximate surface area is 73.8 Å². The third-order valence-corrected chi connectivity index (χ3v) is 1.45. The molecular weight excluding hydrogens is 213 g/mol. The fourth-order valence-electron chi connectivity index (χ4n) is 0.419. The third kappa shape index (κ3) is 8.00. The van der Waals surface area contributed by atoms with E-state index >= 15 is 0 Å². The summed E-state index contributed by atoms with van der Waals surface area (Å²) < 4.78 is 63.4. The van der Waals surface area contributed by atoms with Crippen LogP contribution in [0.4, 0.5) is 13.2 Å². The molecular formula is C5H9F3O4S. The van der Waals surface area contributed by atoms with Gasteiger partial charge in [-0.1, -0.05) is 0 Å². The van der Waals surface area contributed by atoms with Crippen molar-refractivity contribution in [3.05, 3.63) is 0 Å². The first-order valence-electron chi connectivity index (χ1n) is 3.21. The van der Waals surface area contributed by atoms with E-state index in [1.807, 2.05) is 0 Å². The van der Waals surface area contributed by atoms with Crippen LogP contribution < -0.4 is 0 Å². The Morgan fingerprint density at radius 1 is 1.23 bits per heavy atom. The van der Waals surface area contributed by atoms with Crippen molar-refractivity contribution < 1.29 is 30.5 Å². The summed E-state index contributed by atoms with van der Waals surface area (Å²) >= 11 is 0. The van der Waals surface area contributed by atoms with Crippen LogP contribution in [0.25, 0.3) is 0 Å². The van der Waals surface area contributed by atoms with Gasteiger partial charge in [0, 0.05) is 0 Å². The topological polar surface area (TPSA) is 52.6 Å². The molecule has 0 saturated carbocycles. The van der Waals surface area contributed by atoms with Gasteiger partial charge in [-0.3, -0.25) is 4.18 Å². The average Bonchev–Trinajstić information content (AvgIpc) is 1.95. The van der Waals surface area contributed by atoms with Crippen LogP contribution in [0.15, 0.2) is 0 Å². The predicted octanol–water partition coefficient (Wildman–Crippen LogP) is 0.540. The molecule has 0 radical (unpaired) electrons. The highest BCUT2D eigenvalue weighted by atomic mass is 32.2. The Balaban J connectivity index is 3.47. The minimum atomic E-state index is -3.63. The lowest BCUT2D eigenvalue weighted by molar-refractivity contribution is -0.131. The Morgan fingerprint density at radius 2 is 1.77 bits per heavy atom. The van der Waals surface area contributed by atoms with Crippen LogP contribution in [0.5, 0.6) is 0 Å². The zero-order valence-electron chi connectivity index (χ0n) is 6.74. The maximum atomic E-state index is 12.0. The van der Waals surface area contributed by atoms with Gasteiger partial charge in [-0.05, 0) is 0 Å². The molecule has 0 spiro atoms. The molecule has 0 aliphatic heterocycles. The van der Waals surface area contributed by atoms with Crippen LogP contribution in [0.3, 0.4) is 0 Å². The van der Waals surface area contributed by atoms with Crippen LogP contribution in [0.1, 0.15) is 0 Å². The summed E-state index contributed by atoms with van der Waals surface area (Å²) in [5, 5.41) is 0. The molecule has 80 valence electrons. The minimum Gasteiger partial charge on any atom is -0.341 e. The van der Waals surface area contributed by atoms with Gasteiger partial charge in [0.15, 0.2) is 0 Å². The van der Waals surface area contributed by atoms with Gasteiger partial charge in [0.25, 0.3) is 22.9 Å². The minimum absolute atomic E-state index is 0.480. The number of alkyl halides is 3. The molecule has 1 atom stereocenters. The SMILES string of the molecule is CS(=O)(=O)OCCOC(F)C(F)F. The van der Waals surface area contributed by atoms with E-state index in [0.717, 1.165) is 6.26 Å². The lowest BCUT2D eigenvalue weighted by Gasteiger charge is -2.07. The highest BCUT2D eigenvalue weighted by Gasteiger charge is 2.19. The van der Waals surface area contributed by atoms with E-state index in [1.165, 1.54) is 0 Å². The van der Waals surface area contributed by atoms with Crippen molar-refractivity contribution in [3.8, 4) is 0 Å². The third-order valence-electron chi connectivity index (χ3n) is 0.856. The number of halogens is 3. The lowest BCUT2D eigenvalue weighted by atomic mass is 10.7. The summed E-state index contributed by atoms with van der Waals surface area (Å²) in [5.74, 6) is 0. The van der Waals surface area contributed by atoms with Gasteiger partial charge < -0.3 is 4.74 Å². The first kappa shape index (κ1) is 12.7. The zero-order valence-corrected chi connectivity index (χ0v) is 7.56. The zero-order chi connectivity index (χ0) is 10.5. The number of hydrogen-bond donors (Lipinski definition) is 0. The molecule has 4 nitrogen and oxygen atoms in total. The lowest BCUT2D eigenvalue weighted by Crippen LogP contribution is -2.19. The van der Waals surface area contributed by atoms with E-state index in [9.17, 15) is 21.6 Å². The quantitative estimate of drug-likeness (QED) is 0.486. The van der Waals surface area contributed by atoms with Crippen molar-refractivity contribution in [2.45, 2.75) is 12.8 Å². The van der Waals surface area contributed by atoms with Crippen LogP contribution in [0, 0.1) is 0 Å². The molecule has 0 N–H and O–H groups in total. The first-order chi connectivity index (χ1) is 5.83. The van der Waals surface area contributed by atoms with Crippen molar-refractivity contribution in [1.82, 2.24) is 0 Å². The molecule has 13 heavy (non-hydrogen) atoms. The van der Waals surface area contributed by atoms with E-state index in [2.05, 4.69) is 8.92 Å². The van der Waals surface area contributed by atoms with Gasteiger partial charge in [-0.2, -0.15) is 8.42 Å². The van der Waals surface area contributed by atoms with Gasteiger partial charge in [0.1, 0.15) is 0 Å². The fraction of sp³-hybridized carbons (Fsp3) is 1.00. The van der Waals surface area contributed by atoms with E-state index in [-0.39, 0.29) is 0 Å². The first-order valence-corrected chi connectivity index (χ1v) is 5.03. The van der Waals surface area contributed by atoms with Crippen LogP contribution in [0.2, 0.25) is 0 Å². The van der Waals surface area contributed by atoms with Gasteiger partial charge >= 0.3 is 0 Å². The summed E-state index contributed by atoms with van der Waals surface area (Å²) in [6.45, 7) is -1.02. The number of hydrogen-bond acceptors (Lipinski definition) is 4. The molecule has 8 heteroatoms. The molecule has 0 aromatic rings. The summed E-state index contributed by atoms with van der Waals surface area (Å²) in [4.78, 5) is 0. The summed E-state index contributed by atoms with van der Waals surface area (Å²) in [7, 11) is -3.63. The molecule has 0 aliphatic rings. The second-order valence-electron chi connectivity index (χ2n) is 2.08. The molecule has 1 unspecified atom stereocenters. The normalized spacial score (nSPS) is 14.8. The van der Waals surface area contributed by atoms with Crippen LogP contribution in [-0.4, -0.2) is 40.7 Å². The fourth-order valence-corrected chi connectivity index (χ4v) is 0.790. The van der Waals surface area contributed by atoms with E-state index < -0.39 is 36.1 Å². The molecule has 0 aliphatic carbocycles. The summed E-state index contributed by atoms with van der Waals surface area (Å²) in [5.41, 5.74) is 0.